The van der Waals surface area contributed by atoms with Crippen LogP contribution in [0.5, 0.6) is 0 Å². The second kappa shape index (κ2) is 13.1. The molecule has 0 aliphatic carbocycles. The third kappa shape index (κ3) is 9.19. The van der Waals surface area contributed by atoms with Crippen molar-refractivity contribution < 1.29 is 42.0 Å². The fourth-order valence-corrected chi connectivity index (χ4v) is 3.59. The number of anilines is 1. The minimum atomic E-state index is -5.28. The Bertz CT molecular complexity index is 1240. The van der Waals surface area contributed by atoms with E-state index < -0.39 is 64.3 Å². The van der Waals surface area contributed by atoms with Gasteiger partial charge >= 0.3 is 18.1 Å². The number of ether oxygens (including phenoxy) is 1. The number of hydrogen-bond acceptors (Lipinski definition) is 7. The summed E-state index contributed by atoms with van der Waals surface area (Å²) in [4.78, 5) is 58.4. The molecular formula is C22H19Cl2F3N4O7. The lowest BCUT2D eigenvalue weighted by Crippen LogP contribution is -2.39. The molecule has 0 aromatic heterocycles. The maximum atomic E-state index is 12.5. The minimum Gasteiger partial charge on any atom is -0.466 e. The molecule has 0 fully saturated rings. The highest BCUT2D eigenvalue weighted by molar-refractivity contribution is 6.34. The Kier molecular flexibility index (Phi) is 10.4. The van der Waals surface area contributed by atoms with Crippen molar-refractivity contribution in [2.24, 2.45) is 0 Å². The molecule has 0 aliphatic rings. The van der Waals surface area contributed by atoms with E-state index in [4.69, 9.17) is 27.9 Å². The van der Waals surface area contributed by atoms with Crippen LogP contribution in [0.1, 0.15) is 35.3 Å². The smallest absolute Gasteiger partial charge is 0.466 e. The zero-order chi connectivity index (χ0) is 28.6. The number of benzene rings is 2. The van der Waals surface area contributed by atoms with Crippen LogP contribution in [-0.4, -0.2) is 47.9 Å². The Morgan fingerprint density at radius 3 is 2.24 bits per heavy atom. The first kappa shape index (κ1) is 30.3. The maximum Gasteiger partial charge on any atom is 0.471 e. The van der Waals surface area contributed by atoms with Gasteiger partial charge in [0.25, 0.3) is 11.6 Å². The Morgan fingerprint density at radius 1 is 1.05 bits per heavy atom. The van der Waals surface area contributed by atoms with Gasteiger partial charge in [-0.15, -0.1) is 0 Å². The van der Waals surface area contributed by atoms with E-state index >= 15 is 0 Å². The first-order valence-corrected chi connectivity index (χ1v) is 11.3. The molecule has 0 bridgehead atoms. The number of esters is 1. The van der Waals surface area contributed by atoms with Gasteiger partial charge in [0.1, 0.15) is 0 Å². The second-order valence-electron chi connectivity index (χ2n) is 7.49. The number of halogens is 5. The molecule has 16 heteroatoms. The van der Waals surface area contributed by atoms with Crippen LogP contribution in [0.4, 0.5) is 24.5 Å². The van der Waals surface area contributed by atoms with E-state index in [1.54, 1.807) is 6.92 Å². The van der Waals surface area contributed by atoms with Crippen LogP contribution in [0.3, 0.4) is 0 Å². The van der Waals surface area contributed by atoms with E-state index in [1.807, 2.05) is 0 Å². The van der Waals surface area contributed by atoms with Gasteiger partial charge in [-0.3, -0.25) is 29.3 Å². The monoisotopic (exact) mass is 578 g/mol. The third-order valence-electron chi connectivity index (χ3n) is 4.61. The highest BCUT2D eigenvalue weighted by Gasteiger charge is 2.39. The molecule has 0 heterocycles. The largest absolute Gasteiger partial charge is 0.471 e. The summed E-state index contributed by atoms with van der Waals surface area (Å²) in [6.45, 7) is 0.977. The maximum absolute atomic E-state index is 12.5. The van der Waals surface area contributed by atoms with Crippen molar-refractivity contribution in [1.82, 2.24) is 10.6 Å². The number of carbonyl (C=O) groups is 4. The Morgan fingerprint density at radius 2 is 1.68 bits per heavy atom. The van der Waals surface area contributed by atoms with Crippen molar-refractivity contribution in [3.63, 3.8) is 0 Å². The summed E-state index contributed by atoms with van der Waals surface area (Å²) in [5.74, 6) is -4.93. The number of carbonyl (C=O) groups excluding carboxylic acids is 4. The molecule has 204 valence electrons. The average molecular weight is 579 g/mol. The van der Waals surface area contributed by atoms with Gasteiger partial charge in [0.2, 0.25) is 5.91 Å². The highest BCUT2D eigenvalue weighted by Crippen LogP contribution is 2.26. The average Bonchev–Trinajstić information content (AvgIpc) is 2.80. The first-order valence-electron chi connectivity index (χ1n) is 10.6. The van der Waals surface area contributed by atoms with Crippen molar-refractivity contribution >= 4 is 58.3 Å². The Labute approximate surface area is 222 Å². The number of nitro groups is 1. The molecule has 0 saturated carbocycles. The number of nitrogens with zero attached hydrogens (tertiary/aromatic N) is 1. The molecule has 0 radical (unpaired) electrons. The zero-order valence-corrected chi connectivity index (χ0v) is 20.9. The third-order valence-corrected chi connectivity index (χ3v) is 5.05. The summed E-state index contributed by atoms with van der Waals surface area (Å²) >= 11 is 12.0. The first-order chi connectivity index (χ1) is 17.7. The van der Waals surface area contributed by atoms with Gasteiger partial charge in [0, 0.05) is 33.4 Å². The van der Waals surface area contributed by atoms with E-state index in [0.29, 0.717) is 11.6 Å². The van der Waals surface area contributed by atoms with Crippen molar-refractivity contribution in [2.45, 2.75) is 25.6 Å². The van der Waals surface area contributed by atoms with Gasteiger partial charge in [0.05, 0.1) is 30.5 Å². The van der Waals surface area contributed by atoms with Gasteiger partial charge in [-0.2, -0.15) is 13.2 Å². The second-order valence-corrected chi connectivity index (χ2v) is 8.37. The topological polar surface area (TPSA) is 157 Å². The molecular weight excluding hydrogens is 560 g/mol. The summed E-state index contributed by atoms with van der Waals surface area (Å²) in [5, 5.41) is 17.7. The number of hydrogen-bond donors (Lipinski definition) is 3. The zero-order valence-electron chi connectivity index (χ0n) is 19.4. The van der Waals surface area contributed by atoms with Crippen molar-refractivity contribution in [2.75, 3.05) is 18.5 Å². The summed E-state index contributed by atoms with van der Waals surface area (Å²) in [6.07, 6.45) is -5.59. The summed E-state index contributed by atoms with van der Waals surface area (Å²) in [5.41, 5.74) is -1.59. The minimum absolute atomic E-state index is 0.0838. The quantitative estimate of drug-likeness (QED) is 0.219. The SMILES string of the molecule is CCOC(=O)CC(NC(=O)CNC(=O)c1cc(NC(=O)C(F)(F)F)cc([N+](=O)[O-])c1)c1cc(Cl)cc(Cl)c1. The molecule has 2 rings (SSSR count). The fraction of sp³-hybridized carbons (Fsp3) is 0.273. The van der Waals surface area contributed by atoms with E-state index in [1.165, 1.54) is 23.5 Å². The molecule has 2 aromatic carbocycles. The molecule has 0 saturated heterocycles. The number of rotatable bonds is 10. The Hall–Kier alpha value is -3.91. The fourth-order valence-electron chi connectivity index (χ4n) is 3.04. The standard InChI is InChI=1S/C22H19Cl2F3N4O7/c1-2-38-19(33)9-17(11-3-13(23)7-14(24)4-11)30-18(32)10-28-20(34)12-5-15(8-16(6-12)31(36)37)29-21(35)22(25,26)27/h3-8,17H,2,9-10H2,1H3,(H,28,34)(H,29,35)(H,30,32). The molecule has 38 heavy (non-hydrogen) atoms. The van der Waals surface area contributed by atoms with E-state index in [0.717, 1.165) is 12.1 Å². The number of nitrogens with one attached hydrogen (secondary N) is 3. The van der Waals surface area contributed by atoms with Gasteiger partial charge in [-0.05, 0) is 36.8 Å². The van der Waals surface area contributed by atoms with E-state index in [-0.39, 0.29) is 23.1 Å². The number of nitro benzene ring substituents is 1. The Balaban J connectivity index is 2.17. The van der Waals surface area contributed by atoms with Gasteiger partial charge in [-0.1, -0.05) is 23.2 Å². The van der Waals surface area contributed by atoms with Crippen LogP contribution in [-0.2, 0) is 19.1 Å². The molecule has 2 aromatic rings. The van der Waals surface area contributed by atoms with E-state index in [9.17, 15) is 42.5 Å². The van der Waals surface area contributed by atoms with Crippen LogP contribution in [0.2, 0.25) is 10.0 Å². The lowest BCUT2D eigenvalue weighted by Gasteiger charge is -2.19. The predicted octanol–water partition coefficient (Wildman–Crippen LogP) is 3.94. The van der Waals surface area contributed by atoms with Gasteiger partial charge in [0.15, 0.2) is 0 Å². The summed E-state index contributed by atoms with van der Waals surface area (Å²) in [7, 11) is 0. The molecule has 1 atom stereocenters. The number of non-ortho nitro benzene ring substituents is 1. The van der Waals surface area contributed by atoms with Crippen LogP contribution >= 0.6 is 23.2 Å². The normalized spacial score (nSPS) is 11.7. The van der Waals surface area contributed by atoms with Crippen molar-refractivity contribution in [3.05, 3.63) is 67.7 Å². The molecule has 1 unspecified atom stereocenters. The molecule has 3 amide bonds. The lowest BCUT2D eigenvalue weighted by atomic mass is 10.0. The molecule has 3 N–H and O–H groups in total. The van der Waals surface area contributed by atoms with Gasteiger partial charge < -0.3 is 20.7 Å². The number of amides is 3. The van der Waals surface area contributed by atoms with Crippen molar-refractivity contribution in [3.8, 4) is 0 Å². The predicted molar refractivity (Wildman–Crippen MR) is 129 cm³/mol. The molecule has 0 spiro atoms. The summed E-state index contributed by atoms with van der Waals surface area (Å²) < 4.78 is 42.5. The van der Waals surface area contributed by atoms with Crippen LogP contribution in [0.25, 0.3) is 0 Å². The van der Waals surface area contributed by atoms with Crippen LogP contribution < -0.4 is 16.0 Å². The molecule has 11 nitrogen and oxygen atoms in total. The lowest BCUT2D eigenvalue weighted by molar-refractivity contribution is -0.384. The molecule has 0 aliphatic heterocycles. The van der Waals surface area contributed by atoms with E-state index in [2.05, 4.69) is 10.6 Å². The van der Waals surface area contributed by atoms with Crippen LogP contribution in [0.15, 0.2) is 36.4 Å². The van der Waals surface area contributed by atoms with Gasteiger partial charge in [-0.25, -0.2) is 0 Å². The van der Waals surface area contributed by atoms with Crippen molar-refractivity contribution in [1.29, 1.82) is 0 Å². The number of alkyl halides is 3. The van der Waals surface area contributed by atoms with Crippen LogP contribution in [0, 0.1) is 10.1 Å². The highest BCUT2D eigenvalue weighted by atomic mass is 35.5. The summed E-state index contributed by atoms with van der Waals surface area (Å²) in [6, 6.07) is 5.52.